The topological polar surface area (TPSA) is 76.8 Å². The molecular weight excluding hydrogens is 308 g/mol. The van der Waals surface area contributed by atoms with Crippen molar-refractivity contribution in [3.63, 3.8) is 0 Å². The fraction of sp³-hybridized carbons (Fsp3) is 0.133. The van der Waals surface area contributed by atoms with Gasteiger partial charge in [0.15, 0.2) is 0 Å². The maximum absolute atomic E-state index is 12.4. The Balaban J connectivity index is 2.26. The van der Waals surface area contributed by atoms with E-state index in [1.807, 2.05) is 0 Å². The predicted molar refractivity (Wildman–Crippen MR) is 82.0 cm³/mol. The molecule has 8 heteroatoms. The predicted octanol–water partition coefficient (Wildman–Crippen LogP) is 4.03. The number of hydrogen-bond donors (Lipinski definition) is 1. The quantitative estimate of drug-likeness (QED) is 0.495. The second kappa shape index (κ2) is 7.30. The number of halogens is 2. The van der Waals surface area contributed by atoms with Crippen molar-refractivity contribution in [3.05, 3.63) is 64.2 Å². The van der Waals surface area contributed by atoms with Crippen LogP contribution in [0, 0.1) is 10.1 Å². The van der Waals surface area contributed by atoms with Crippen LogP contribution in [0.3, 0.4) is 0 Å². The third-order valence-corrected chi connectivity index (χ3v) is 2.94. The summed E-state index contributed by atoms with van der Waals surface area (Å²) in [6.07, 6.45) is 0. The minimum absolute atomic E-state index is 0.0203. The van der Waals surface area contributed by atoms with Gasteiger partial charge in [0.1, 0.15) is 11.4 Å². The number of nitrogens with zero attached hydrogens (tertiary/aromatic N) is 2. The number of nitrogens with one attached hydrogen (secondary N) is 1. The molecule has 0 unspecified atom stereocenters. The van der Waals surface area contributed by atoms with Gasteiger partial charge in [-0.15, -0.1) is 0 Å². The van der Waals surface area contributed by atoms with Gasteiger partial charge in [-0.2, -0.15) is 13.9 Å². The normalized spacial score (nSPS) is 11.4. The summed E-state index contributed by atoms with van der Waals surface area (Å²) in [5.41, 5.74) is 3.34. The molecule has 0 radical (unpaired) electrons. The summed E-state index contributed by atoms with van der Waals surface area (Å²) in [6, 6.07) is 12.2. The second-order valence-corrected chi connectivity index (χ2v) is 4.46. The van der Waals surface area contributed by atoms with Crippen LogP contribution < -0.4 is 10.2 Å². The Morgan fingerprint density at radius 3 is 2.57 bits per heavy atom. The van der Waals surface area contributed by atoms with E-state index in [9.17, 15) is 18.9 Å². The van der Waals surface area contributed by atoms with Crippen molar-refractivity contribution in [2.45, 2.75) is 13.5 Å². The Morgan fingerprint density at radius 2 is 1.87 bits per heavy atom. The lowest BCUT2D eigenvalue weighted by atomic mass is 10.1. The summed E-state index contributed by atoms with van der Waals surface area (Å²) in [6.45, 7) is -1.37. The highest BCUT2D eigenvalue weighted by Gasteiger charge is 2.13. The number of nitro benzene ring substituents is 1. The first-order chi connectivity index (χ1) is 11.0. The number of ether oxygens (including phenoxy) is 1. The molecule has 0 amide bonds. The maximum atomic E-state index is 12.4. The number of anilines is 1. The fourth-order valence-electron chi connectivity index (χ4n) is 1.90. The number of hydrazone groups is 1. The lowest BCUT2D eigenvalue weighted by Crippen LogP contribution is -2.08. The zero-order chi connectivity index (χ0) is 16.8. The standard InChI is InChI=1S/C15H13F2N3O3/c1-10(11-6-2-5-9-14(11)23-15(16)17)18-19-12-7-3-4-8-13(12)20(21)22/h2-9,15,19H,1H3/b18-10-. The van der Waals surface area contributed by atoms with Crippen molar-refractivity contribution in [2.24, 2.45) is 5.10 Å². The highest BCUT2D eigenvalue weighted by Crippen LogP contribution is 2.24. The molecule has 6 nitrogen and oxygen atoms in total. The molecule has 1 N–H and O–H groups in total. The zero-order valence-electron chi connectivity index (χ0n) is 12.1. The fourth-order valence-corrected chi connectivity index (χ4v) is 1.90. The average molecular weight is 321 g/mol. The Morgan fingerprint density at radius 1 is 1.22 bits per heavy atom. The molecule has 23 heavy (non-hydrogen) atoms. The van der Waals surface area contributed by atoms with Crippen LogP contribution in [-0.4, -0.2) is 17.2 Å². The van der Waals surface area contributed by atoms with Gasteiger partial charge in [0.2, 0.25) is 0 Å². The van der Waals surface area contributed by atoms with Crippen molar-refractivity contribution >= 4 is 17.1 Å². The molecule has 2 rings (SSSR count). The van der Waals surface area contributed by atoms with Crippen LogP contribution in [0.25, 0.3) is 0 Å². The number of para-hydroxylation sites is 3. The zero-order valence-corrected chi connectivity index (χ0v) is 12.1. The molecule has 0 atom stereocenters. The van der Waals surface area contributed by atoms with E-state index in [0.717, 1.165) is 0 Å². The van der Waals surface area contributed by atoms with E-state index in [-0.39, 0.29) is 17.1 Å². The molecule has 0 saturated heterocycles. The van der Waals surface area contributed by atoms with Gasteiger partial charge in [0, 0.05) is 11.6 Å². The number of nitro groups is 1. The van der Waals surface area contributed by atoms with E-state index < -0.39 is 11.5 Å². The van der Waals surface area contributed by atoms with Gasteiger partial charge in [-0.3, -0.25) is 15.5 Å². The number of rotatable bonds is 6. The molecule has 0 aliphatic heterocycles. The first-order valence-electron chi connectivity index (χ1n) is 6.57. The molecule has 0 fully saturated rings. The van der Waals surface area contributed by atoms with Crippen LogP contribution in [0.5, 0.6) is 5.75 Å². The van der Waals surface area contributed by atoms with Gasteiger partial charge in [0.25, 0.3) is 5.69 Å². The van der Waals surface area contributed by atoms with E-state index >= 15 is 0 Å². The molecule has 2 aromatic carbocycles. The SMILES string of the molecule is C/C(=N/Nc1ccccc1[N+](=O)[O-])c1ccccc1OC(F)F. The molecule has 0 aromatic heterocycles. The van der Waals surface area contributed by atoms with E-state index in [0.29, 0.717) is 11.3 Å². The molecule has 0 bridgehead atoms. The van der Waals surface area contributed by atoms with Crippen LogP contribution >= 0.6 is 0 Å². The summed E-state index contributed by atoms with van der Waals surface area (Å²) < 4.78 is 29.2. The Hall–Kier alpha value is -3.03. The van der Waals surface area contributed by atoms with Gasteiger partial charge in [-0.05, 0) is 25.1 Å². The first kappa shape index (κ1) is 16.3. The smallest absolute Gasteiger partial charge is 0.387 e. The largest absolute Gasteiger partial charge is 0.434 e. The third-order valence-electron chi connectivity index (χ3n) is 2.94. The van der Waals surface area contributed by atoms with Gasteiger partial charge in [-0.1, -0.05) is 24.3 Å². The van der Waals surface area contributed by atoms with Crippen LogP contribution in [0.2, 0.25) is 0 Å². The summed E-state index contributed by atoms with van der Waals surface area (Å²) in [5, 5.41) is 14.9. The van der Waals surface area contributed by atoms with Gasteiger partial charge in [0.05, 0.1) is 10.6 Å². The number of alkyl halides is 2. The monoisotopic (exact) mass is 321 g/mol. The van der Waals surface area contributed by atoms with Crippen LogP contribution in [0.4, 0.5) is 20.2 Å². The van der Waals surface area contributed by atoms with Gasteiger partial charge >= 0.3 is 6.61 Å². The highest BCUT2D eigenvalue weighted by atomic mass is 19.3. The van der Waals surface area contributed by atoms with Gasteiger partial charge < -0.3 is 4.74 Å². The van der Waals surface area contributed by atoms with Crippen molar-refractivity contribution in [1.29, 1.82) is 0 Å². The summed E-state index contributed by atoms with van der Waals surface area (Å²) in [4.78, 5) is 10.4. The minimum Gasteiger partial charge on any atom is -0.434 e. The molecular formula is C15H13F2N3O3. The van der Waals surface area contributed by atoms with E-state index in [4.69, 9.17) is 0 Å². The maximum Gasteiger partial charge on any atom is 0.387 e. The van der Waals surface area contributed by atoms with Crippen molar-refractivity contribution in [3.8, 4) is 5.75 Å². The van der Waals surface area contributed by atoms with E-state index in [1.165, 1.54) is 24.3 Å². The molecule has 0 aliphatic carbocycles. The van der Waals surface area contributed by atoms with Crippen LogP contribution in [0.15, 0.2) is 53.6 Å². The molecule has 2 aromatic rings. The molecule has 0 saturated carbocycles. The van der Waals surface area contributed by atoms with Crippen molar-refractivity contribution in [2.75, 3.05) is 5.43 Å². The van der Waals surface area contributed by atoms with Crippen LogP contribution in [-0.2, 0) is 0 Å². The van der Waals surface area contributed by atoms with Crippen molar-refractivity contribution in [1.82, 2.24) is 0 Å². The summed E-state index contributed by atoms with van der Waals surface area (Å²) >= 11 is 0. The summed E-state index contributed by atoms with van der Waals surface area (Å²) in [7, 11) is 0. The number of benzene rings is 2. The van der Waals surface area contributed by atoms with Crippen LogP contribution in [0.1, 0.15) is 12.5 Å². The molecule has 120 valence electrons. The summed E-state index contributed by atoms with van der Waals surface area (Å²) in [5.74, 6) is -0.0203. The minimum atomic E-state index is -2.95. The third kappa shape index (κ3) is 4.22. The van der Waals surface area contributed by atoms with E-state index in [2.05, 4.69) is 15.3 Å². The Kier molecular flexibility index (Phi) is 5.19. The second-order valence-electron chi connectivity index (χ2n) is 4.46. The lowest BCUT2D eigenvalue weighted by molar-refractivity contribution is -0.384. The van der Waals surface area contributed by atoms with Crippen molar-refractivity contribution < 1.29 is 18.4 Å². The Bertz CT molecular complexity index is 735. The molecule has 0 aliphatic rings. The molecule has 0 heterocycles. The van der Waals surface area contributed by atoms with E-state index in [1.54, 1.807) is 31.2 Å². The first-order valence-corrected chi connectivity index (χ1v) is 6.57. The average Bonchev–Trinajstić information content (AvgIpc) is 2.52. The number of hydrogen-bond acceptors (Lipinski definition) is 5. The molecule has 0 spiro atoms. The Labute approximate surface area is 130 Å². The highest BCUT2D eigenvalue weighted by molar-refractivity contribution is 6.01. The van der Waals surface area contributed by atoms with Gasteiger partial charge in [-0.25, -0.2) is 0 Å². The lowest BCUT2D eigenvalue weighted by Gasteiger charge is -2.10.